The summed E-state index contributed by atoms with van der Waals surface area (Å²) in [7, 11) is 0. The van der Waals surface area contributed by atoms with Crippen LogP contribution in [0.1, 0.15) is 16.9 Å². The Labute approximate surface area is 179 Å². The maximum absolute atomic E-state index is 5.21. The molecule has 5 aromatic rings. The summed E-state index contributed by atoms with van der Waals surface area (Å²) in [5.74, 6) is 1.59. The molecule has 30 heavy (non-hydrogen) atoms. The Morgan fingerprint density at radius 1 is 1.07 bits per heavy atom. The Kier molecular flexibility index (Phi) is 5.07. The highest BCUT2D eigenvalue weighted by Crippen LogP contribution is 2.31. The lowest BCUT2D eigenvalue weighted by molar-refractivity contribution is 0.568. The molecule has 5 rings (SSSR count). The molecule has 0 bridgehead atoms. The molecular formula is C24H22N4OS. The van der Waals surface area contributed by atoms with Crippen molar-refractivity contribution < 1.29 is 4.42 Å². The van der Waals surface area contributed by atoms with Crippen molar-refractivity contribution in [1.82, 2.24) is 14.5 Å². The fourth-order valence-electron chi connectivity index (χ4n) is 3.54. The first-order chi connectivity index (χ1) is 14.8. The largest absolute Gasteiger partial charge is 0.472 e. The number of fused-ring (bicyclic) bond motifs is 1. The summed E-state index contributed by atoms with van der Waals surface area (Å²) in [6.07, 6.45) is 9.50. The first-order valence-electron chi connectivity index (χ1n) is 10.0. The van der Waals surface area contributed by atoms with Crippen LogP contribution in [0.3, 0.4) is 0 Å². The SMILES string of the molecule is Cc1cc2c(NCCCc3ccc(-n4cccc4)cc3)nc(-c3ccoc3)nc2s1. The molecule has 0 aliphatic rings. The highest BCUT2D eigenvalue weighted by molar-refractivity contribution is 7.18. The summed E-state index contributed by atoms with van der Waals surface area (Å²) >= 11 is 1.69. The number of hydrogen-bond donors (Lipinski definition) is 1. The lowest BCUT2D eigenvalue weighted by Gasteiger charge is -2.09. The van der Waals surface area contributed by atoms with E-state index in [0.717, 1.165) is 41.0 Å². The highest BCUT2D eigenvalue weighted by Gasteiger charge is 2.12. The van der Waals surface area contributed by atoms with Gasteiger partial charge >= 0.3 is 0 Å². The van der Waals surface area contributed by atoms with E-state index in [1.54, 1.807) is 23.9 Å². The van der Waals surface area contributed by atoms with Gasteiger partial charge in [0.2, 0.25) is 0 Å². The average molecular weight is 415 g/mol. The number of furan rings is 1. The van der Waals surface area contributed by atoms with Crippen LogP contribution in [0.5, 0.6) is 0 Å². The van der Waals surface area contributed by atoms with Crippen molar-refractivity contribution in [1.29, 1.82) is 0 Å². The summed E-state index contributed by atoms with van der Waals surface area (Å²) in [6.45, 7) is 2.95. The van der Waals surface area contributed by atoms with Crippen LogP contribution in [-0.4, -0.2) is 21.1 Å². The van der Waals surface area contributed by atoms with Crippen LogP contribution >= 0.6 is 11.3 Å². The third-order valence-electron chi connectivity index (χ3n) is 5.07. The molecule has 0 radical (unpaired) electrons. The Morgan fingerprint density at radius 2 is 1.90 bits per heavy atom. The van der Waals surface area contributed by atoms with Crippen molar-refractivity contribution in [2.45, 2.75) is 19.8 Å². The van der Waals surface area contributed by atoms with Gasteiger partial charge in [0, 0.05) is 29.5 Å². The van der Waals surface area contributed by atoms with Gasteiger partial charge in [-0.3, -0.25) is 0 Å². The number of nitrogens with zero attached hydrogens (tertiary/aromatic N) is 3. The maximum Gasteiger partial charge on any atom is 0.166 e. The zero-order valence-corrected chi connectivity index (χ0v) is 17.5. The van der Waals surface area contributed by atoms with Gasteiger partial charge in [0.1, 0.15) is 16.9 Å². The molecule has 6 heteroatoms. The molecule has 1 N–H and O–H groups in total. The molecule has 5 nitrogen and oxygen atoms in total. The first kappa shape index (κ1) is 18.6. The van der Waals surface area contributed by atoms with E-state index in [-0.39, 0.29) is 0 Å². The Balaban J connectivity index is 1.26. The first-order valence-corrected chi connectivity index (χ1v) is 10.8. The minimum atomic E-state index is 0.696. The van der Waals surface area contributed by atoms with Crippen LogP contribution in [0, 0.1) is 6.92 Å². The minimum absolute atomic E-state index is 0.696. The van der Waals surface area contributed by atoms with E-state index in [4.69, 9.17) is 14.4 Å². The summed E-state index contributed by atoms with van der Waals surface area (Å²) < 4.78 is 7.32. The van der Waals surface area contributed by atoms with E-state index in [2.05, 4.69) is 59.5 Å². The van der Waals surface area contributed by atoms with Crippen LogP contribution in [0.15, 0.2) is 77.9 Å². The highest BCUT2D eigenvalue weighted by atomic mass is 32.1. The van der Waals surface area contributed by atoms with Crippen molar-refractivity contribution >= 4 is 27.4 Å². The molecule has 0 atom stereocenters. The third-order valence-corrected chi connectivity index (χ3v) is 6.01. The van der Waals surface area contributed by atoms with Gasteiger partial charge in [0.05, 0.1) is 17.2 Å². The predicted molar refractivity (Wildman–Crippen MR) is 122 cm³/mol. The fourth-order valence-corrected chi connectivity index (χ4v) is 4.42. The summed E-state index contributed by atoms with van der Waals surface area (Å²) in [5.41, 5.74) is 3.42. The van der Waals surface area contributed by atoms with Gasteiger partial charge in [-0.05, 0) is 61.7 Å². The molecule has 0 aliphatic carbocycles. The molecule has 0 saturated carbocycles. The normalized spacial score (nSPS) is 11.2. The smallest absolute Gasteiger partial charge is 0.166 e. The van der Waals surface area contributed by atoms with E-state index in [1.807, 2.05) is 18.2 Å². The number of rotatable bonds is 7. The van der Waals surface area contributed by atoms with Crippen molar-refractivity contribution in [3.63, 3.8) is 0 Å². The molecule has 150 valence electrons. The lowest BCUT2D eigenvalue weighted by atomic mass is 10.1. The number of thiophene rings is 1. The summed E-state index contributed by atoms with van der Waals surface area (Å²) in [6, 6.07) is 16.9. The van der Waals surface area contributed by atoms with Crippen molar-refractivity contribution in [3.05, 3.63) is 83.9 Å². The number of aromatic nitrogens is 3. The number of benzene rings is 1. The monoisotopic (exact) mass is 414 g/mol. The molecule has 4 aromatic heterocycles. The third kappa shape index (κ3) is 3.86. The average Bonchev–Trinajstić information content (AvgIpc) is 3.52. The second-order valence-corrected chi connectivity index (χ2v) is 8.51. The summed E-state index contributed by atoms with van der Waals surface area (Å²) in [4.78, 5) is 11.7. The zero-order valence-electron chi connectivity index (χ0n) is 16.7. The van der Waals surface area contributed by atoms with Crippen LogP contribution in [0.2, 0.25) is 0 Å². The lowest BCUT2D eigenvalue weighted by Crippen LogP contribution is -2.06. The Hall–Kier alpha value is -3.38. The molecule has 0 fully saturated rings. The second-order valence-electron chi connectivity index (χ2n) is 7.27. The van der Waals surface area contributed by atoms with Crippen LogP contribution in [0.25, 0.3) is 27.3 Å². The molecule has 4 heterocycles. The Bertz CT molecular complexity index is 1240. The van der Waals surface area contributed by atoms with Gasteiger partial charge in [0.15, 0.2) is 5.82 Å². The van der Waals surface area contributed by atoms with Gasteiger partial charge in [-0.2, -0.15) is 0 Å². The van der Waals surface area contributed by atoms with E-state index >= 15 is 0 Å². The zero-order chi connectivity index (χ0) is 20.3. The van der Waals surface area contributed by atoms with Gasteiger partial charge in [0.25, 0.3) is 0 Å². The van der Waals surface area contributed by atoms with E-state index in [9.17, 15) is 0 Å². The number of hydrogen-bond acceptors (Lipinski definition) is 5. The number of anilines is 1. The van der Waals surface area contributed by atoms with Crippen LogP contribution in [-0.2, 0) is 6.42 Å². The molecule has 1 aromatic carbocycles. The molecule has 0 amide bonds. The number of nitrogens with one attached hydrogen (secondary N) is 1. The van der Waals surface area contributed by atoms with Gasteiger partial charge in [-0.15, -0.1) is 11.3 Å². The second kappa shape index (κ2) is 8.16. The van der Waals surface area contributed by atoms with E-state index in [0.29, 0.717) is 5.82 Å². The maximum atomic E-state index is 5.21. The van der Waals surface area contributed by atoms with E-state index < -0.39 is 0 Å². The van der Waals surface area contributed by atoms with Crippen molar-refractivity contribution in [2.75, 3.05) is 11.9 Å². The van der Waals surface area contributed by atoms with Crippen molar-refractivity contribution in [3.8, 4) is 17.1 Å². The predicted octanol–water partition coefficient (Wildman–Crippen LogP) is 6.10. The Morgan fingerprint density at radius 3 is 2.67 bits per heavy atom. The molecule has 0 unspecified atom stereocenters. The van der Waals surface area contributed by atoms with Gasteiger partial charge in [-0.1, -0.05) is 12.1 Å². The molecular weight excluding hydrogens is 392 g/mol. The fraction of sp³-hybridized carbons (Fsp3) is 0.167. The van der Waals surface area contributed by atoms with Crippen LogP contribution < -0.4 is 5.32 Å². The van der Waals surface area contributed by atoms with Gasteiger partial charge < -0.3 is 14.3 Å². The standard InChI is InChI=1S/C24H22N4OS/c1-17-15-21-23(26-22(27-24(21)30-17)19-10-14-29-16-19)25-11-4-5-18-6-8-20(9-7-18)28-12-2-3-13-28/h2-3,6-10,12-16H,4-5,11H2,1H3,(H,25,26,27). The van der Waals surface area contributed by atoms with Crippen LogP contribution in [0.4, 0.5) is 5.82 Å². The topological polar surface area (TPSA) is 55.9 Å². The number of aryl methyl sites for hydroxylation is 2. The van der Waals surface area contributed by atoms with E-state index in [1.165, 1.54) is 16.1 Å². The quantitative estimate of drug-likeness (QED) is 0.327. The molecule has 0 spiro atoms. The van der Waals surface area contributed by atoms with Gasteiger partial charge in [-0.25, -0.2) is 9.97 Å². The minimum Gasteiger partial charge on any atom is -0.472 e. The summed E-state index contributed by atoms with van der Waals surface area (Å²) in [5, 5.41) is 4.61. The molecule has 0 saturated heterocycles. The van der Waals surface area contributed by atoms with Crippen molar-refractivity contribution in [2.24, 2.45) is 0 Å². The molecule has 0 aliphatic heterocycles.